The smallest absolute Gasteiger partial charge is 0.0602 e. The van der Waals surface area contributed by atoms with Gasteiger partial charge >= 0.3 is 0 Å². The summed E-state index contributed by atoms with van der Waals surface area (Å²) in [5.74, 6) is 0. The molecule has 2 aromatic rings. The second-order valence-electron chi connectivity index (χ2n) is 8.08. The second kappa shape index (κ2) is 8.32. The number of rotatable bonds is 5. The first kappa shape index (κ1) is 18.3. The van der Waals surface area contributed by atoms with Crippen LogP contribution in [0.4, 0.5) is 11.4 Å². The molecule has 0 unspecified atom stereocenters. The number of aliphatic hydroxyl groups excluding tert-OH is 1. The number of hydrogen-bond donors (Lipinski definition) is 2. The number of likely N-dealkylation sites (tertiary alicyclic amines) is 1. The molecule has 2 aromatic carbocycles. The van der Waals surface area contributed by atoms with Crippen LogP contribution in [0.15, 0.2) is 54.6 Å². The van der Waals surface area contributed by atoms with E-state index in [0.29, 0.717) is 12.1 Å². The zero-order chi connectivity index (χ0) is 18.6. The lowest BCUT2D eigenvalue weighted by molar-refractivity contribution is 0.145. The van der Waals surface area contributed by atoms with E-state index < -0.39 is 0 Å². The summed E-state index contributed by atoms with van der Waals surface area (Å²) in [7, 11) is 0. The van der Waals surface area contributed by atoms with E-state index in [1.54, 1.807) is 0 Å². The van der Waals surface area contributed by atoms with Crippen molar-refractivity contribution in [3.63, 3.8) is 0 Å². The lowest BCUT2D eigenvalue weighted by Crippen LogP contribution is -2.36. The number of nitrogens with one attached hydrogen (secondary N) is 1. The molecule has 144 valence electrons. The fraction of sp³-hybridized carbons (Fsp3) is 0.478. The summed E-state index contributed by atoms with van der Waals surface area (Å²) in [6.07, 6.45) is 2.75. The highest BCUT2D eigenvalue weighted by molar-refractivity contribution is 5.70. The molecule has 0 bridgehead atoms. The number of anilines is 2. The first-order chi connectivity index (χ1) is 13.2. The van der Waals surface area contributed by atoms with Crippen LogP contribution in [0.1, 0.15) is 31.7 Å². The van der Waals surface area contributed by atoms with Crippen LogP contribution in [-0.4, -0.2) is 47.8 Å². The summed E-state index contributed by atoms with van der Waals surface area (Å²) >= 11 is 0. The standard InChI is InChI=1S/C23H31N3O/c1-18-15-20(17-26(18)16-19-7-3-2-4-8-19)24-22-9-5-6-10-23(22)25-13-11-21(27)12-14-25/h2-10,18,20-21,24,27H,11-17H2,1H3/t18-,20+/m1/s1. The van der Waals surface area contributed by atoms with Crippen LogP contribution in [0, 0.1) is 0 Å². The van der Waals surface area contributed by atoms with Crippen LogP contribution >= 0.6 is 0 Å². The van der Waals surface area contributed by atoms with E-state index in [2.05, 4.69) is 76.6 Å². The van der Waals surface area contributed by atoms with E-state index in [9.17, 15) is 5.11 Å². The van der Waals surface area contributed by atoms with Gasteiger partial charge in [0.1, 0.15) is 0 Å². The van der Waals surface area contributed by atoms with E-state index in [-0.39, 0.29) is 6.10 Å². The van der Waals surface area contributed by atoms with Crippen LogP contribution in [0.5, 0.6) is 0 Å². The van der Waals surface area contributed by atoms with E-state index in [1.807, 2.05) is 0 Å². The van der Waals surface area contributed by atoms with Crippen molar-refractivity contribution in [2.24, 2.45) is 0 Å². The molecule has 2 saturated heterocycles. The molecule has 2 N–H and O–H groups in total. The van der Waals surface area contributed by atoms with Gasteiger partial charge in [0.25, 0.3) is 0 Å². The number of piperidine rings is 1. The zero-order valence-electron chi connectivity index (χ0n) is 16.2. The van der Waals surface area contributed by atoms with Gasteiger partial charge in [0, 0.05) is 38.3 Å². The van der Waals surface area contributed by atoms with Gasteiger partial charge in [-0.2, -0.15) is 0 Å². The minimum Gasteiger partial charge on any atom is -0.393 e. The molecule has 2 aliphatic heterocycles. The van der Waals surface area contributed by atoms with Gasteiger partial charge in [-0.3, -0.25) is 4.90 Å². The molecule has 2 heterocycles. The Balaban J connectivity index is 1.41. The molecule has 0 amide bonds. The quantitative estimate of drug-likeness (QED) is 0.847. The summed E-state index contributed by atoms with van der Waals surface area (Å²) < 4.78 is 0. The molecule has 2 aliphatic rings. The Morgan fingerprint density at radius 1 is 1.00 bits per heavy atom. The van der Waals surface area contributed by atoms with E-state index in [0.717, 1.165) is 39.0 Å². The number of benzene rings is 2. The van der Waals surface area contributed by atoms with Crippen LogP contribution in [0.2, 0.25) is 0 Å². The van der Waals surface area contributed by atoms with Crippen LogP contribution in [0.3, 0.4) is 0 Å². The molecule has 4 nitrogen and oxygen atoms in total. The van der Waals surface area contributed by atoms with Crippen LogP contribution in [-0.2, 0) is 6.54 Å². The Morgan fingerprint density at radius 3 is 2.48 bits per heavy atom. The van der Waals surface area contributed by atoms with E-state index >= 15 is 0 Å². The summed E-state index contributed by atoms with van der Waals surface area (Å²) in [6.45, 7) is 6.29. The molecule has 0 saturated carbocycles. The predicted molar refractivity (Wildman–Crippen MR) is 112 cm³/mol. The molecular formula is C23H31N3O. The highest BCUT2D eigenvalue weighted by Gasteiger charge is 2.29. The average molecular weight is 366 g/mol. The summed E-state index contributed by atoms with van der Waals surface area (Å²) in [4.78, 5) is 4.99. The van der Waals surface area contributed by atoms with Crippen molar-refractivity contribution in [3.05, 3.63) is 60.2 Å². The van der Waals surface area contributed by atoms with Gasteiger partial charge in [0.05, 0.1) is 17.5 Å². The molecular weight excluding hydrogens is 334 g/mol. The van der Waals surface area contributed by atoms with Crippen molar-refractivity contribution in [2.75, 3.05) is 29.9 Å². The lowest BCUT2D eigenvalue weighted by atomic mass is 10.1. The Hall–Kier alpha value is -2.04. The maximum atomic E-state index is 9.80. The lowest BCUT2D eigenvalue weighted by Gasteiger charge is -2.33. The molecule has 0 spiro atoms. The maximum Gasteiger partial charge on any atom is 0.0602 e. The molecule has 2 fully saturated rings. The third kappa shape index (κ3) is 4.45. The first-order valence-corrected chi connectivity index (χ1v) is 10.3. The fourth-order valence-electron chi connectivity index (χ4n) is 4.44. The molecule has 0 aromatic heterocycles. The van der Waals surface area contributed by atoms with Gasteiger partial charge < -0.3 is 15.3 Å². The molecule has 4 rings (SSSR count). The predicted octanol–water partition coefficient (Wildman–Crippen LogP) is 3.72. The normalized spacial score (nSPS) is 24.3. The third-order valence-electron chi connectivity index (χ3n) is 6.00. The van der Waals surface area contributed by atoms with Crippen molar-refractivity contribution in [2.45, 2.75) is 50.9 Å². The monoisotopic (exact) mass is 365 g/mol. The largest absolute Gasteiger partial charge is 0.393 e. The van der Waals surface area contributed by atoms with Crippen LogP contribution < -0.4 is 10.2 Å². The number of hydrogen-bond acceptors (Lipinski definition) is 4. The van der Waals surface area contributed by atoms with Crippen molar-refractivity contribution >= 4 is 11.4 Å². The second-order valence-corrected chi connectivity index (χ2v) is 8.08. The molecule has 0 aliphatic carbocycles. The molecule has 2 atom stereocenters. The molecule has 4 heteroatoms. The van der Waals surface area contributed by atoms with Gasteiger partial charge in [-0.15, -0.1) is 0 Å². The molecule has 0 radical (unpaired) electrons. The van der Waals surface area contributed by atoms with Crippen molar-refractivity contribution in [1.82, 2.24) is 4.90 Å². The fourth-order valence-corrected chi connectivity index (χ4v) is 4.44. The minimum absolute atomic E-state index is 0.136. The van der Waals surface area contributed by atoms with Crippen molar-refractivity contribution < 1.29 is 5.11 Å². The SMILES string of the molecule is C[C@@H]1C[C@H](Nc2ccccc2N2CCC(O)CC2)CN1Cc1ccccc1. The van der Waals surface area contributed by atoms with Gasteiger partial charge in [0.15, 0.2) is 0 Å². The van der Waals surface area contributed by atoms with Gasteiger partial charge in [-0.05, 0) is 43.9 Å². The van der Waals surface area contributed by atoms with Crippen molar-refractivity contribution in [1.29, 1.82) is 0 Å². The number of nitrogens with zero attached hydrogens (tertiary/aromatic N) is 2. The van der Waals surface area contributed by atoms with Crippen LogP contribution in [0.25, 0.3) is 0 Å². The van der Waals surface area contributed by atoms with E-state index in [1.165, 1.54) is 23.4 Å². The van der Waals surface area contributed by atoms with E-state index in [4.69, 9.17) is 0 Å². The van der Waals surface area contributed by atoms with Crippen molar-refractivity contribution in [3.8, 4) is 0 Å². The van der Waals surface area contributed by atoms with Gasteiger partial charge in [0.2, 0.25) is 0 Å². The number of para-hydroxylation sites is 2. The minimum atomic E-state index is -0.136. The zero-order valence-corrected chi connectivity index (χ0v) is 16.2. The first-order valence-electron chi connectivity index (χ1n) is 10.3. The maximum absolute atomic E-state index is 9.80. The highest BCUT2D eigenvalue weighted by Crippen LogP contribution is 2.31. The summed E-state index contributed by atoms with van der Waals surface area (Å²) in [5.41, 5.74) is 3.89. The van der Waals surface area contributed by atoms with Gasteiger partial charge in [-0.1, -0.05) is 42.5 Å². The topological polar surface area (TPSA) is 38.7 Å². The van der Waals surface area contributed by atoms with Gasteiger partial charge in [-0.25, -0.2) is 0 Å². The summed E-state index contributed by atoms with van der Waals surface area (Å²) in [6, 6.07) is 20.5. The Bertz CT molecular complexity index is 727. The average Bonchev–Trinajstić information content (AvgIpc) is 3.03. The Labute approximate surface area is 162 Å². The summed E-state index contributed by atoms with van der Waals surface area (Å²) in [5, 5.41) is 13.6. The Morgan fingerprint density at radius 2 is 1.70 bits per heavy atom. The Kier molecular flexibility index (Phi) is 5.65. The molecule has 27 heavy (non-hydrogen) atoms. The number of aliphatic hydroxyl groups is 1. The third-order valence-corrected chi connectivity index (χ3v) is 6.00. The highest BCUT2D eigenvalue weighted by atomic mass is 16.3.